The molecule has 0 radical (unpaired) electrons. The fourth-order valence-electron chi connectivity index (χ4n) is 2.33. The molecule has 1 atom stereocenters. The molecule has 7 nitrogen and oxygen atoms in total. The summed E-state index contributed by atoms with van der Waals surface area (Å²) in [5.41, 5.74) is 5.25. The second-order valence-electron chi connectivity index (χ2n) is 5.70. The average molecular weight is 283 g/mol. The Balaban J connectivity index is 1.97. The van der Waals surface area contributed by atoms with Gasteiger partial charge >= 0.3 is 5.97 Å². The van der Waals surface area contributed by atoms with E-state index in [4.69, 9.17) is 19.7 Å². The van der Waals surface area contributed by atoms with Crippen molar-refractivity contribution >= 4 is 5.97 Å². The third kappa shape index (κ3) is 3.34. The van der Waals surface area contributed by atoms with E-state index < -0.39 is 5.54 Å². The lowest BCUT2D eigenvalue weighted by molar-refractivity contribution is -0.143. The third-order valence-corrected chi connectivity index (χ3v) is 3.22. The van der Waals surface area contributed by atoms with Gasteiger partial charge in [0.25, 0.3) is 0 Å². The summed E-state index contributed by atoms with van der Waals surface area (Å²) in [7, 11) is 0. The predicted molar refractivity (Wildman–Crippen MR) is 69.8 cm³/mol. The Labute approximate surface area is 117 Å². The van der Waals surface area contributed by atoms with Gasteiger partial charge in [-0.15, -0.1) is 0 Å². The second-order valence-corrected chi connectivity index (χ2v) is 5.70. The molecule has 0 bridgehead atoms. The van der Waals surface area contributed by atoms with E-state index in [1.54, 1.807) is 6.92 Å². The molecular weight excluding hydrogens is 262 g/mol. The summed E-state index contributed by atoms with van der Waals surface area (Å²) >= 11 is 0. The molecular formula is C13H21N3O4. The van der Waals surface area contributed by atoms with Crippen LogP contribution in [0.1, 0.15) is 45.3 Å². The number of ether oxygens (including phenoxy) is 2. The molecule has 0 saturated carbocycles. The highest BCUT2D eigenvalue weighted by atomic mass is 16.5. The summed E-state index contributed by atoms with van der Waals surface area (Å²) < 4.78 is 15.6. The molecule has 1 aromatic heterocycles. The van der Waals surface area contributed by atoms with Gasteiger partial charge in [0.2, 0.25) is 5.89 Å². The van der Waals surface area contributed by atoms with Gasteiger partial charge in [0, 0.05) is 12.8 Å². The van der Waals surface area contributed by atoms with E-state index in [9.17, 15) is 4.79 Å². The number of carbonyl (C=O) groups excluding carboxylic acids is 1. The van der Waals surface area contributed by atoms with Crippen LogP contribution in [0.15, 0.2) is 4.52 Å². The maximum Gasteiger partial charge on any atom is 0.306 e. The van der Waals surface area contributed by atoms with Gasteiger partial charge in [0.1, 0.15) is 5.54 Å². The van der Waals surface area contributed by atoms with Gasteiger partial charge < -0.3 is 19.7 Å². The van der Waals surface area contributed by atoms with Crippen molar-refractivity contribution in [1.82, 2.24) is 10.1 Å². The maximum absolute atomic E-state index is 11.3. The molecule has 1 fully saturated rings. The number of hydrogen-bond acceptors (Lipinski definition) is 7. The largest absolute Gasteiger partial charge is 0.466 e. The van der Waals surface area contributed by atoms with Crippen molar-refractivity contribution in [2.75, 3.05) is 13.2 Å². The molecule has 20 heavy (non-hydrogen) atoms. The van der Waals surface area contributed by atoms with Crippen molar-refractivity contribution in [3.05, 3.63) is 11.7 Å². The Hall–Kier alpha value is -1.47. The van der Waals surface area contributed by atoms with Crippen LogP contribution >= 0.6 is 0 Å². The normalized spacial score (nSPS) is 24.8. The smallest absolute Gasteiger partial charge is 0.306 e. The van der Waals surface area contributed by atoms with E-state index >= 15 is 0 Å². The van der Waals surface area contributed by atoms with E-state index in [0.29, 0.717) is 37.8 Å². The number of esters is 1. The number of rotatable bonds is 5. The Kier molecular flexibility index (Phi) is 4.10. The lowest BCUT2D eigenvalue weighted by Gasteiger charge is -2.19. The predicted octanol–water partition coefficient (Wildman–Crippen LogP) is 0.918. The summed E-state index contributed by atoms with van der Waals surface area (Å²) in [6, 6.07) is 0. The molecule has 1 aliphatic heterocycles. The number of carbonyl (C=O) groups is 1. The standard InChI is InChI=1S/C13H21N3O4/c1-4-18-10(17)6-5-9-15-11(16-20-9)13(14)7-12(2,3)19-8-13/h4-8,14H2,1-3H3. The first-order valence-electron chi connectivity index (χ1n) is 6.76. The molecule has 1 saturated heterocycles. The van der Waals surface area contributed by atoms with Crippen molar-refractivity contribution in [3.63, 3.8) is 0 Å². The quantitative estimate of drug-likeness (QED) is 0.802. The number of aryl methyl sites for hydroxylation is 1. The fraction of sp³-hybridized carbons (Fsp3) is 0.769. The highest BCUT2D eigenvalue weighted by molar-refractivity contribution is 5.69. The number of aromatic nitrogens is 2. The Morgan fingerprint density at radius 3 is 2.85 bits per heavy atom. The zero-order valence-electron chi connectivity index (χ0n) is 12.1. The molecule has 0 amide bonds. The van der Waals surface area contributed by atoms with E-state index in [0.717, 1.165) is 0 Å². The Bertz CT molecular complexity index is 486. The molecule has 0 aromatic carbocycles. The van der Waals surface area contributed by atoms with Crippen LogP contribution in [0.2, 0.25) is 0 Å². The van der Waals surface area contributed by atoms with Crippen LogP contribution in [0.25, 0.3) is 0 Å². The summed E-state index contributed by atoms with van der Waals surface area (Å²) in [5.74, 6) is 0.546. The van der Waals surface area contributed by atoms with Gasteiger partial charge in [-0.2, -0.15) is 4.98 Å². The summed E-state index contributed by atoms with van der Waals surface area (Å²) in [6.07, 6.45) is 1.19. The van der Waals surface area contributed by atoms with E-state index in [1.807, 2.05) is 13.8 Å². The van der Waals surface area contributed by atoms with Gasteiger partial charge in [-0.1, -0.05) is 5.16 Å². The molecule has 2 N–H and O–H groups in total. The summed E-state index contributed by atoms with van der Waals surface area (Å²) in [6.45, 7) is 6.44. The maximum atomic E-state index is 11.3. The number of nitrogens with two attached hydrogens (primary N) is 1. The second kappa shape index (κ2) is 5.49. The van der Waals surface area contributed by atoms with Crippen molar-refractivity contribution in [2.24, 2.45) is 5.73 Å². The van der Waals surface area contributed by atoms with E-state index in [-0.39, 0.29) is 18.0 Å². The van der Waals surface area contributed by atoms with E-state index in [1.165, 1.54) is 0 Å². The van der Waals surface area contributed by atoms with Gasteiger partial charge in [0.05, 0.1) is 25.2 Å². The molecule has 0 spiro atoms. The fourth-order valence-corrected chi connectivity index (χ4v) is 2.33. The average Bonchev–Trinajstić information content (AvgIpc) is 2.93. The van der Waals surface area contributed by atoms with Crippen LogP contribution in [0.3, 0.4) is 0 Å². The number of hydrogen-bond donors (Lipinski definition) is 1. The van der Waals surface area contributed by atoms with Crippen molar-refractivity contribution in [2.45, 2.75) is 51.2 Å². The minimum Gasteiger partial charge on any atom is -0.466 e. The SMILES string of the molecule is CCOC(=O)CCc1nc(C2(N)COC(C)(C)C2)no1. The monoisotopic (exact) mass is 283 g/mol. The zero-order chi connectivity index (χ0) is 14.8. The topological polar surface area (TPSA) is 100 Å². The first-order chi connectivity index (χ1) is 9.35. The molecule has 1 unspecified atom stereocenters. The minimum atomic E-state index is -0.727. The summed E-state index contributed by atoms with van der Waals surface area (Å²) in [5, 5.41) is 3.92. The van der Waals surface area contributed by atoms with E-state index in [2.05, 4.69) is 10.1 Å². The zero-order valence-corrected chi connectivity index (χ0v) is 12.1. The molecule has 2 rings (SSSR count). The molecule has 2 heterocycles. The molecule has 1 aliphatic rings. The van der Waals surface area contributed by atoms with Crippen LogP contribution in [-0.2, 0) is 26.2 Å². The van der Waals surface area contributed by atoms with Crippen LogP contribution in [0.4, 0.5) is 0 Å². The molecule has 0 aliphatic carbocycles. The Morgan fingerprint density at radius 1 is 1.50 bits per heavy atom. The van der Waals surface area contributed by atoms with Crippen molar-refractivity contribution in [3.8, 4) is 0 Å². The van der Waals surface area contributed by atoms with Crippen molar-refractivity contribution in [1.29, 1.82) is 0 Å². The lowest BCUT2D eigenvalue weighted by Crippen LogP contribution is -2.39. The third-order valence-electron chi connectivity index (χ3n) is 3.22. The Morgan fingerprint density at radius 2 is 2.25 bits per heavy atom. The van der Waals surface area contributed by atoms with Crippen LogP contribution in [0, 0.1) is 0 Å². The first kappa shape index (κ1) is 14.9. The van der Waals surface area contributed by atoms with Crippen molar-refractivity contribution < 1.29 is 18.8 Å². The van der Waals surface area contributed by atoms with Gasteiger partial charge in [-0.3, -0.25) is 4.79 Å². The van der Waals surface area contributed by atoms with Crippen LogP contribution in [0.5, 0.6) is 0 Å². The highest BCUT2D eigenvalue weighted by Gasteiger charge is 2.46. The van der Waals surface area contributed by atoms with Crippen LogP contribution < -0.4 is 5.73 Å². The van der Waals surface area contributed by atoms with Gasteiger partial charge in [0.15, 0.2) is 5.82 Å². The van der Waals surface area contributed by atoms with Gasteiger partial charge in [-0.25, -0.2) is 0 Å². The first-order valence-corrected chi connectivity index (χ1v) is 6.76. The van der Waals surface area contributed by atoms with Crippen LogP contribution in [-0.4, -0.2) is 34.9 Å². The summed E-state index contributed by atoms with van der Waals surface area (Å²) in [4.78, 5) is 15.5. The molecule has 112 valence electrons. The molecule has 1 aromatic rings. The number of nitrogens with zero attached hydrogens (tertiary/aromatic N) is 2. The lowest BCUT2D eigenvalue weighted by atomic mass is 9.91. The van der Waals surface area contributed by atoms with Gasteiger partial charge in [-0.05, 0) is 20.8 Å². The highest BCUT2D eigenvalue weighted by Crippen LogP contribution is 2.36. The minimum absolute atomic E-state index is 0.217. The molecule has 7 heteroatoms.